The Morgan fingerprint density at radius 1 is 1.35 bits per heavy atom. The largest absolute Gasteiger partial charge is 0.494 e. The van der Waals surface area contributed by atoms with Crippen LogP contribution in [0.4, 0.5) is 5.95 Å². The highest BCUT2D eigenvalue weighted by molar-refractivity contribution is 5.28. The first-order chi connectivity index (χ1) is 8.06. The van der Waals surface area contributed by atoms with E-state index in [1.807, 2.05) is 19.1 Å². The van der Waals surface area contributed by atoms with Gasteiger partial charge in [0.2, 0.25) is 0 Å². The Bertz CT molecular complexity index is 547. The first-order valence-electron chi connectivity index (χ1n) is 4.86. The molecule has 2 rings (SSSR count). The maximum atomic E-state index is 10.5. The van der Waals surface area contributed by atoms with E-state index in [0.29, 0.717) is 5.75 Å². The third-order valence-corrected chi connectivity index (χ3v) is 2.11. The van der Waals surface area contributed by atoms with E-state index in [9.17, 15) is 10.1 Å². The van der Waals surface area contributed by atoms with Gasteiger partial charge in [-0.05, 0) is 29.0 Å². The van der Waals surface area contributed by atoms with Crippen LogP contribution in [0.15, 0.2) is 24.3 Å². The molecule has 0 N–H and O–H groups in total. The Hall–Kier alpha value is -2.44. The van der Waals surface area contributed by atoms with Gasteiger partial charge in [0, 0.05) is 5.10 Å². The fourth-order valence-corrected chi connectivity index (χ4v) is 1.24. The molecule has 7 heteroatoms. The molecule has 0 saturated heterocycles. The summed E-state index contributed by atoms with van der Waals surface area (Å²) in [5, 5.41) is 14.1. The van der Waals surface area contributed by atoms with Crippen molar-refractivity contribution in [2.45, 2.75) is 6.92 Å². The Balaban J connectivity index is 2.24. The summed E-state index contributed by atoms with van der Waals surface area (Å²) in [6, 6.07) is 7.35. The summed E-state index contributed by atoms with van der Waals surface area (Å²) >= 11 is 0. The van der Waals surface area contributed by atoms with Crippen LogP contribution in [0.25, 0.3) is 0 Å². The Morgan fingerprint density at radius 2 is 2.00 bits per heavy atom. The first-order valence-corrected chi connectivity index (χ1v) is 4.86. The lowest BCUT2D eigenvalue weighted by Crippen LogP contribution is -1.96. The van der Waals surface area contributed by atoms with E-state index < -0.39 is 10.9 Å². The molecule has 17 heavy (non-hydrogen) atoms. The zero-order chi connectivity index (χ0) is 12.4. The molecule has 0 radical (unpaired) electrons. The summed E-state index contributed by atoms with van der Waals surface area (Å²) in [5.41, 5.74) is 1.10. The van der Waals surface area contributed by atoms with Crippen molar-refractivity contribution < 1.29 is 9.66 Å². The number of ether oxygens (including phenoxy) is 1. The minimum atomic E-state index is -0.665. The number of benzene rings is 1. The van der Waals surface area contributed by atoms with Crippen molar-refractivity contribution in [2.24, 2.45) is 7.05 Å². The third kappa shape index (κ3) is 2.39. The molecular formula is C10H10N4O3. The number of nitro groups is 1. The van der Waals surface area contributed by atoms with E-state index in [1.54, 1.807) is 12.1 Å². The van der Waals surface area contributed by atoms with Gasteiger partial charge in [0.1, 0.15) is 5.75 Å². The Morgan fingerprint density at radius 3 is 2.53 bits per heavy atom. The molecule has 0 atom stereocenters. The quantitative estimate of drug-likeness (QED) is 0.597. The van der Waals surface area contributed by atoms with Crippen molar-refractivity contribution in [2.75, 3.05) is 0 Å². The molecule has 0 aliphatic rings. The lowest BCUT2D eigenvalue weighted by molar-refractivity contribution is -0.394. The van der Waals surface area contributed by atoms with Gasteiger partial charge in [-0.3, -0.25) is 0 Å². The van der Waals surface area contributed by atoms with E-state index in [0.717, 1.165) is 5.56 Å². The molecule has 0 aliphatic heterocycles. The molecular weight excluding hydrogens is 224 g/mol. The number of aryl methyl sites for hydroxylation is 2. The summed E-state index contributed by atoms with van der Waals surface area (Å²) in [5.74, 6) is 0.0793. The predicted octanol–water partition coefficient (Wildman–Crippen LogP) is 1.82. The van der Waals surface area contributed by atoms with Gasteiger partial charge in [-0.1, -0.05) is 17.7 Å². The van der Waals surface area contributed by atoms with E-state index in [-0.39, 0.29) is 6.01 Å². The van der Waals surface area contributed by atoms with E-state index in [2.05, 4.69) is 10.1 Å². The molecule has 0 amide bonds. The number of nitrogens with zero attached hydrogens (tertiary/aromatic N) is 4. The van der Waals surface area contributed by atoms with Crippen LogP contribution in [0.1, 0.15) is 5.56 Å². The smallest absolute Gasteiger partial charge is 0.411 e. The Labute approximate surface area is 96.8 Å². The summed E-state index contributed by atoms with van der Waals surface area (Å²) in [7, 11) is 1.53. The van der Waals surface area contributed by atoms with Crippen LogP contribution in [-0.4, -0.2) is 19.7 Å². The van der Waals surface area contributed by atoms with Crippen molar-refractivity contribution in [3.63, 3.8) is 0 Å². The fourth-order valence-electron chi connectivity index (χ4n) is 1.24. The molecule has 0 saturated carbocycles. The Kier molecular flexibility index (Phi) is 2.73. The van der Waals surface area contributed by atoms with Gasteiger partial charge < -0.3 is 14.9 Å². The highest BCUT2D eigenvalue weighted by Crippen LogP contribution is 2.20. The second kappa shape index (κ2) is 4.20. The second-order valence-corrected chi connectivity index (χ2v) is 3.49. The summed E-state index contributed by atoms with van der Waals surface area (Å²) < 4.78 is 6.60. The van der Waals surface area contributed by atoms with Gasteiger partial charge >= 0.3 is 12.0 Å². The molecule has 1 heterocycles. The highest BCUT2D eigenvalue weighted by Gasteiger charge is 2.20. The van der Waals surface area contributed by atoms with Crippen LogP contribution in [0.5, 0.6) is 11.8 Å². The normalized spacial score (nSPS) is 10.2. The van der Waals surface area contributed by atoms with Crippen LogP contribution in [0.3, 0.4) is 0 Å². The first kappa shape index (κ1) is 11.1. The van der Waals surface area contributed by atoms with Crippen LogP contribution in [0.2, 0.25) is 0 Å². The topological polar surface area (TPSA) is 83.1 Å². The number of hydrogen-bond acceptors (Lipinski definition) is 5. The van der Waals surface area contributed by atoms with E-state index in [4.69, 9.17) is 4.74 Å². The van der Waals surface area contributed by atoms with Crippen LogP contribution >= 0.6 is 0 Å². The fraction of sp³-hybridized carbons (Fsp3) is 0.200. The SMILES string of the molecule is Cc1ccc(Oc2nc([N+](=O)[O-])nn2C)cc1. The van der Waals surface area contributed by atoms with Crippen molar-refractivity contribution in [3.05, 3.63) is 39.9 Å². The molecule has 0 spiro atoms. The molecule has 88 valence electrons. The number of hydrogen-bond donors (Lipinski definition) is 0. The van der Waals surface area contributed by atoms with E-state index in [1.165, 1.54) is 11.7 Å². The molecule has 1 aromatic carbocycles. The molecule has 0 aliphatic carbocycles. The van der Waals surface area contributed by atoms with Gasteiger partial charge in [0.25, 0.3) is 0 Å². The van der Waals surface area contributed by atoms with Crippen molar-refractivity contribution in [3.8, 4) is 11.8 Å². The average Bonchev–Trinajstić information content (AvgIpc) is 2.64. The van der Waals surface area contributed by atoms with Gasteiger partial charge in [-0.2, -0.15) is 0 Å². The van der Waals surface area contributed by atoms with Crippen molar-refractivity contribution >= 4 is 5.95 Å². The monoisotopic (exact) mass is 234 g/mol. The van der Waals surface area contributed by atoms with Crippen molar-refractivity contribution in [1.82, 2.24) is 14.8 Å². The van der Waals surface area contributed by atoms with Gasteiger partial charge in [0.05, 0.1) is 7.05 Å². The van der Waals surface area contributed by atoms with Crippen LogP contribution in [0, 0.1) is 17.0 Å². The molecule has 0 fully saturated rings. The molecule has 1 aromatic heterocycles. The lowest BCUT2D eigenvalue weighted by atomic mass is 10.2. The number of aromatic nitrogens is 3. The predicted molar refractivity (Wildman–Crippen MR) is 58.9 cm³/mol. The minimum Gasteiger partial charge on any atom is -0.411 e. The summed E-state index contributed by atoms with van der Waals surface area (Å²) in [4.78, 5) is 13.5. The van der Waals surface area contributed by atoms with Crippen molar-refractivity contribution in [1.29, 1.82) is 0 Å². The maximum absolute atomic E-state index is 10.5. The summed E-state index contributed by atoms with van der Waals surface area (Å²) in [6.07, 6.45) is 0. The second-order valence-electron chi connectivity index (χ2n) is 3.49. The molecule has 7 nitrogen and oxygen atoms in total. The lowest BCUT2D eigenvalue weighted by Gasteiger charge is -2.00. The van der Waals surface area contributed by atoms with Gasteiger partial charge in [-0.15, -0.1) is 4.68 Å². The molecule has 0 unspecified atom stereocenters. The highest BCUT2D eigenvalue weighted by atomic mass is 16.6. The standard InChI is InChI=1S/C10H10N4O3/c1-7-3-5-8(6-4-7)17-10-11-9(14(15)16)12-13(10)2/h3-6H,1-2H3. The summed E-state index contributed by atoms with van der Waals surface area (Å²) in [6.45, 7) is 1.96. The van der Waals surface area contributed by atoms with Crippen LogP contribution in [-0.2, 0) is 7.05 Å². The van der Waals surface area contributed by atoms with Gasteiger partial charge in [0.15, 0.2) is 0 Å². The van der Waals surface area contributed by atoms with Crippen LogP contribution < -0.4 is 4.74 Å². The minimum absolute atomic E-state index is 0.0838. The van der Waals surface area contributed by atoms with Gasteiger partial charge in [-0.25, -0.2) is 0 Å². The zero-order valence-electron chi connectivity index (χ0n) is 9.32. The average molecular weight is 234 g/mol. The van der Waals surface area contributed by atoms with E-state index >= 15 is 0 Å². The molecule has 2 aromatic rings. The maximum Gasteiger partial charge on any atom is 0.494 e. The zero-order valence-corrected chi connectivity index (χ0v) is 9.32. The number of rotatable bonds is 3. The third-order valence-electron chi connectivity index (χ3n) is 2.11. The molecule has 0 bridgehead atoms.